The molecule has 2 atom stereocenters. The molecule has 0 saturated carbocycles. The molecule has 2 rings (SSSR count). The summed E-state index contributed by atoms with van der Waals surface area (Å²) in [5, 5.41) is 11.6. The number of anilines is 2. The molecular formula is C21H28ClN3O2. The minimum atomic E-state index is -0.883. The van der Waals surface area contributed by atoms with Crippen molar-refractivity contribution < 1.29 is 9.90 Å². The van der Waals surface area contributed by atoms with E-state index in [2.05, 4.69) is 19.9 Å². The van der Waals surface area contributed by atoms with Gasteiger partial charge in [-0.1, -0.05) is 49.7 Å². The lowest BCUT2D eigenvalue weighted by Crippen LogP contribution is -2.31. The highest BCUT2D eigenvalue weighted by Gasteiger charge is 2.30. The van der Waals surface area contributed by atoms with E-state index in [-0.39, 0.29) is 0 Å². The van der Waals surface area contributed by atoms with Gasteiger partial charge in [-0.05, 0) is 48.6 Å². The second-order valence-corrected chi connectivity index (χ2v) is 7.21. The van der Waals surface area contributed by atoms with E-state index in [1.54, 1.807) is 13.0 Å². The van der Waals surface area contributed by atoms with Crippen LogP contribution in [0.5, 0.6) is 0 Å². The largest absolute Gasteiger partial charge is 0.481 e. The van der Waals surface area contributed by atoms with Crippen LogP contribution in [0.1, 0.15) is 48.9 Å². The zero-order valence-electron chi connectivity index (χ0n) is 16.3. The predicted octanol–water partition coefficient (Wildman–Crippen LogP) is 4.35. The number of aliphatic carboxylic acids is 1. The van der Waals surface area contributed by atoms with E-state index >= 15 is 0 Å². The smallest absolute Gasteiger partial charge is 0.307 e. The Kier molecular flexibility index (Phi) is 6.73. The van der Waals surface area contributed by atoms with Crippen molar-refractivity contribution in [1.82, 2.24) is 0 Å². The fraction of sp³-hybridized carbons (Fsp3) is 0.381. The Balaban J connectivity index is 2.66. The van der Waals surface area contributed by atoms with E-state index in [0.717, 1.165) is 12.0 Å². The summed E-state index contributed by atoms with van der Waals surface area (Å²) in [5.41, 5.74) is 11.2. The summed E-state index contributed by atoms with van der Waals surface area (Å²) in [6.45, 7) is 8.32. The van der Waals surface area contributed by atoms with Crippen molar-refractivity contribution in [1.29, 1.82) is 0 Å². The molecular weight excluding hydrogens is 362 g/mol. The van der Waals surface area contributed by atoms with Crippen molar-refractivity contribution in [3.8, 4) is 0 Å². The third-order valence-corrected chi connectivity index (χ3v) is 5.60. The summed E-state index contributed by atoms with van der Waals surface area (Å²) < 4.78 is 0. The van der Waals surface area contributed by atoms with Crippen LogP contribution < -0.4 is 16.6 Å². The van der Waals surface area contributed by atoms with Gasteiger partial charge >= 0.3 is 5.97 Å². The maximum absolute atomic E-state index is 11.8. The average molecular weight is 390 g/mol. The average Bonchev–Trinajstić information content (AvgIpc) is 2.65. The summed E-state index contributed by atoms with van der Waals surface area (Å²) in [4.78, 5) is 11.8. The molecule has 2 aromatic carbocycles. The van der Waals surface area contributed by atoms with Crippen LogP contribution in [0.4, 0.5) is 11.4 Å². The first-order valence-corrected chi connectivity index (χ1v) is 9.52. The Hall–Kier alpha value is -2.24. The molecule has 2 aromatic rings. The van der Waals surface area contributed by atoms with Gasteiger partial charge in [0.05, 0.1) is 22.3 Å². The van der Waals surface area contributed by atoms with Crippen LogP contribution in [-0.4, -0.2) is 17.6 Å². The first-order chi connectivity index (χ1) is 12.7. The number of carboxylic acids is 1. The molecule has 0 aliphatic heterocycles. The molecule has 0 spiro atoms. The van der Waals surface area contributed by atoms with Gasteiger partial charge in [-0.25, -0.2) is 5.84 Å². The SMILES string of the molecule is CCc1cc(C(c2ccc(N(N)CC)c(N)c2Cl)C(C)C(=O)O)ccc1C. The van der Waals surface area contributed by atoms with Crippen molar-refractivity contribution >= 4 is 28.9 Å². The number of nitrogens with zero attached hydrogens (tertiary/aromatic N) is 1. The Morgan fingerprint density at radius 3 is 2.48 bits per heavy atom. The first-order valence-electron chi connectivity index (χ1n) is 9.15. The third-order valence-electron chi connectivity index (χ3n) is 5.17. The van der Waals surface area contributed by atoms with Crippen LogP contribution in [0.2, 0.25) is 5.02 Å². The fourth-order valence-corrected chi connectivity index (χ4v) is 3.68. The highest BCUT2D eigenvalue weighted by Crippen LogP contribution is 2.42. The Bertz CT molecular complexity index is 838. The standard InChI is InChI=1S/C21H28ClN3O2/c1-5-14-11-15(8-7-12(14)3)18(13(4)21(26)27)16-9-10-17(25(24)6-2)20(23)19(16)22/h7-11,13,18H,5-6,23-24H2,1-4H3,(H,26,27). The van der Waals surface area contributed by atoms with Gasteiger partial charge in [-0.15, -0.1) is 0 Å². The van der Waals surface area contributed by atoms with Gasteiger partial charge in [-0.3, -0.25) is 4.79 Å². The van der Waals surface area contributed by atoms with Crippen LogP contribution in [0.25, 0.3) is 0 Å². The zero-order chi connectivity index (χ0) is 20.3. The molecule has 27 heavy (non-hydrogen) atoms. The number of halogens is 1. The number of rotatable bonds is 7. The Labute approximate surface area is 165 Å². The molecule has 0 aliphatic rings. The summed E-state index contributed by atoms with van der Waals surface area (Å²) in [7, 11) is 0. The number of nitrogen functional groups attached to an aromatic ring is 1. The fourth-order valence-electron chi connectivity index (χ4n) is 3.41. The number of hydrogen-bond donors (Lipinski definition) is 3. The molecule has 5 nitrogen and oxygen atoms in total. The molecule has 0 radical (unpaired) electrons. The van der Waals surface area contributed by atoms with E-state index in [4.69, 9.17) is 23.2 Å². The Morgan fingerprint density at radius 1 is 1.26 bits per heavy atom. The van der Waals surface area contributed by atoms with Gasteiger partial charge in [0.15, 0.2) is 0 Å². The first kappa shape index (κ1) is 21.1. The maximum atomic E-state index is 11.8. The summed E-state index contributed by atoms with van der Waals surface area (Å²) in [5.74, 6) is 4.00. The number of carbonyl (C=O) groups is 1. The molecule has 2 unspecified atom stereocenters. The van der Waals surface area contributed by atoms with Crippen LogP contribution in [0.3, 0.4) is 0 Å². The van der Waals surface area contributed by atoms with E-state index in [1.807, 2.05) is 25.1 Å². The number of hydrazine groups is 1. The number of hydrogen-bond acceptors (Lipinski definition) is 4. The Morgan fingerprint density at radius 2 is 1.93 bits per heavy atom. The molecule has 0 amide bonds. The number of benzene rings is 2. The van der Waals surface area contributed by atoms with Gasteiger partial charge < -0.3 is 15.8 Å². The van der Waals surface area contributed by atoms with Gasteiger partial charge in [0.1, 0.15) is 0 Å². The monoisotopic (exact) mass is 389 g/mol. The number of carboxylic acid groups (broad SMARTS) is 1. The molecule has 6 heteroatoms. The molecule has 0 aliphatic carbocycles. The predicted molar refractivity (Wildman–Crippen MR) is 112 cm³/mol. The van der Waals surface area contributed by atoms with Crippen LogP contribution in [0.15, 0.2) is 30.3 Å². The molecule has 5 N–H and O–H groups in total. The van der Waals surface area contributed by atoms with Crippen molar-refractivity contribution in [2.45, 2.75) is 40.0 Å². The summed E-state index contributed by atoms with van der Waals surface area (Å²) in [6, 6.07) is 9.71. The van der Waals surface area contributed by atoms with Gasteiger partial charge in [0.25, 0.3) is 0 Å². The van der Waals surface area contributed by atoms with Crippen molar-refractivity contribution in [2.75, 3.05) is 17.3 Å². The van der Waals surface area contributed by atoms with Crippen LogP contribution in [0, 0.1) is 12.8 Å². The number of aryl methyl sites for hydroxylation is 2. The maximum Gasteiger partial charge on any atom is 0.307 e. The lowest BCUT2D eigenvalue weighted by Gasteiger charge is -2.27. The molecule has 0 heterocycles. The van der Waals surface area contributed by atoms with Gasteiger partial charge in [0.2, 0.25) is 0 Å². The van der Waals surface area contributed by atoms with Crippen molar-refractivity contribution in [2.24, 2.45) is 11.8 Å². The van der Waals surface area contributed by atoms with E-state index in [9.17, 15) is 9.90 Å². The molecule has 146 valence electrons. The third kappa shape index (κ3) is 4.20. The lowest BCUT2D eigenvalue weighted by molar-refractivity contribution is -0.141. The minimum Gasteiger partial charge on any atom is -0.481 e. The van der Waals surface area contributed by atoms with Crippen molar-refractivity contribution in [3.05, 3.63) is 57.6 Å². The highest BCUT2D eigenvalue weighted by atomic mass is 35.5. The van der Waals surface area contributed by atoms with E-state index in [0.29, 0.717) is 28.5 Å². The summed E-state index contributed by atoms with van der Waals surface area (Å²) >= 11 is 6.60. The van der Waals surface area contributed by atoms with Crippen molar-refractivity contribution in [3.63, 3.8) is 0 Å². The van der Waals surface area contributed by atoms with Crippen LogP contribution in [-0.2, 0) is 11.2 Å². The lowest BCUT2D eigenvalue weighted by atomic mass is 9.80. The second-order valence-electron chi connectivity index (χ2n) is 6.83. The molecule has 0 aromatic heterocycles. The molecule has 0 fully saturated rings. The van der Waals surface area contributed by atoms with Gasteiger partial charge in [-0.2, -0.15) is 0 Å². The minimum absolute atomic E-state index is 0.355. The normalized spacial score (nSPS) is 13.3. The van der Waals surface area contributed by atoms with Gasteiger partial charge in [0, 0.05) is 12.5 Å². The topological polar surface area (TPSA) is 92.6 Å². The summed E-state index contributed by atoms with van der Waals surface area (Å²) in [6.07, 6.45) is 0.876. The second kappa shape index (κ2) is 8.63. The van der Waals surface area contributed by atoms with E-state index in [1.165, 1.54) is 16.1 Å². The zero-order valence-corrected chi connectivity index (χ0v) is 17.0. The van der Waals surface area contributed by atoms with E-state index < -0.39 is 17.8 Å². The quantitative estimate of drug-likeness (QED) is 0.372. The molecule has 0 saturated heterocycles. The number of nitrogens with two attached hydrogens (primary N) is 2. The molecule has 0 bridgehead atoms. The highest BCUT2D eigenvalue weighted by molar-refractivity contribution is 6.34. The van der Waals surface area contributed by atoms with Crippen LogP contribution >= 0.6 is 11.6 Å².